The Morgan fingerprint density at radius 3 is 1.65 bits per heavy atom. The van der Waals surface area contributed by atoms with Gasteiger partial charge in [-0.3, -0.25) is 0 Å². The van der Waals surface area contributed by atoms with Crippen LogP contribution in [0.2, 0.25) is 0 Å². The van der Waals surface area contributed by atoms with Crippen molar-refractivity contribution in [3.8, 4) is 33.4 Å². The van der Waals surface area contributed by atoms with Crippen molar-refractivity contribution in [2.45, 2.75) is 0 Å². The van der Waals surface area contributed by atoms with Gasteiger partial charge in [-0.1, -0.05) is 146 Å². The van der Waals surface area contributed by atoms with Crippen LogP contribution < -0.4 is 4.90 Å². The van der Waals surface area contributed by atoms with E-state index >= 15 is 0 Å². The number of para-hydroxylation sites is 2. The summed E-state index contributed by atoms with van der Waals surface area (Å²) in [5, 5.41) is 6.74. The molecule has 0 N–H and O–H groups in total. The van der Waals surface area contributed by atoms with Crippen molar-refractivity contribution in [3.05, 3.63) is 200 Å². The molecule has 2 aromatic heterocycles. The van der Waals surface area contributed by atoms with Crippen LogP contribution in [0, 0.1) is 0 Å². The third-order valence-corrected chi connectivity index (χ3v) is 10.9. The van der Waals surface area contributed by atoms with E-state index in [1.807, 2.05) is 12.1 Å². The van der Waals surface area contributed by atoms with E-state index in [9.17, 15) is 0 Å². The first-order valence-electron chi connectivity index (χ1n) is 18.7. The number of hydrogen-bond acceptors (Lipinski definition) is 3. The molecule has 3 nitrogen and oxygen atoms in total. The first-order valence-corrected chi connectivity index (χ1v) is 18.7. The molecule has 11 rings (SSSR count). The smallest absolute Gasteiger partial charge is 0.159 e. The minimum atomic E-state index is 0.853. The van der Waals surface area contributed by atoms with Crippen LogP contribution in [0.4, 0.5) is 17.1 Å². The molecule has 9 aromatic carbocycles. The number of benzene rings is 9. The molecular weight excluding hydrogens is 671 g/mol. The predicted octanol–water partition coefficient (Wildman–Crippen LogP) is 15.1. The van der Waals surface area contributed by atoms with Gasteiger partial charge in [-0.25, -0.2) is 0 Å². The first kappa shape index (κ1) is 31.2. The summed E-state index contributed by atoms with van der Waals surface area (Å²) in [6.07, 6.45) is 0. The maximum atomic E-state index is 6.89. The van der Waals surface area contributed by atoms with Crippen LogP contribution in [0.1, 0.15) is 0 Å². The molecular formula is C52H33NO2. The van der Waals surface area contributed by atoms with Crippen LogP contribution in [0.25, 0.3) is 88.0 Å². The molecule has 2 heterocycles. The van der Waals surface area contributed by atoms with Crippen molar-refractivity contribution in [3.63, 3.8) is 0 Å². The summed E-state index contributed by atoms with van der Waals surface area (Å²) in [4.78, 5) is 2.31. The molecule has 11 aromatic rings. The maximum Gasteiger partial charge on any atom is 0.159 e. The van der Waals surface area contributed by atoms with Gasteiger partial charge in [0.25, 0.3) is 0 Å². The van der Waals surface area contributed by atoms with E-state index in [1.165, 1.54) is 16.7 Å². The molecule has 0 radical (unpaired) electrons. The van der Waals surface area contributed by atoms with Gasteiger partial charge in [0.2, 0.25) is 0 Å². The van der Waals surface area contributed by atoms with E-state index in [0.29, 0.717) is 0 Å². The topological polar surface area (TPSA) is 29.5 Å². The first-order chi connectivity index (χ1) is 27.3. The van der Waals surface area contributed by atoms with Gasteiger partial charge in [-0.05, 0) is 93.4 Å². The zero-order valence-corrected chi connectivity index (χ0v) is 29.8. The van der Waals surface area contributed by atoms with Crippen molar-refractivity contribution in [1.29, 1.82) is 0 Å². The highest BCUT2D eigenvalue weighted by Gasteiger charge is 2.21. The third kappa shape index (κ3) is 5.20. The lowest BCUT2D eigenvalue weighted by Gasteiger charge is -2.26. The summed E-state index contributed by atoms with van der Waals surface area (Å²) in [6, 6.07) is 70.9. The SMILES string of the molecule is c1ccc(-c2ccccc2-c2ccc(N(c3ccc(-c4ccc5c(c4)oc4ccccc45)cc3)c3cccc4c3oc3c5ccccc5ccc43)cc2)cc1. The van der Waals surface area contributed by atoms with E-state index in [4.69, 9.17) is 8.83 Å². The van der Waals surface area contributed by atoms with Gasteiger partial charge < -0.3 is 13.7 Å². The summed E-state index contributed by atoms with van der Waals surface area (Å²) in [5.74, 6) is 0. The van der Waals surface area contributed by atoms with Crippen LogP contribution >= 0.6 is 0 Å². The molecule has 0 aliphatic heterocycles. The average Bonchev–Trinajstić information content (AvgIpc) is 3.84. The van der Waals surface area contributed by atoms with E-state index in [0.717, 1.165) is 88.4 Å². The van der Waals surface area contributed by atoms with Crippen LogP contribution in [0.15, 0.2) is 209 Å². The highest BCUT2D eigenvalue weighted by atomic mass is 16.3. The lowest BCUT2D eigenvalue weighted by Crippen LogP contribution is -2.10. The van der Waals surface area contributed by atoms with Crippen molar-refractivity contribution < 1.29 is 8.83 Å². The molecule has 0 bridgehead atoms. The van der Waals surface area contributed by atoms with Crippen LogP contribution in [0.5, 0.6) is 0 Å². The monoisotopic (exact) mass is 703 g/mol. The molecule has 0 atom stereocenters. The van der Waals surface area contributed by atoms with Gasteiger partial charge in [0, 0.05) is 38.3 Å². The van der Waals surface area contributed by atoms with E-state index in [-0.39, 0.29) is 0 Å². The Bertz CT molecular complexity index is 3190. The second-order valence-electron chi connectivity index (χ2n) is 14.1. The average molecular weight is 704 g/mol. The van der Waals surface area contributed by atoms with Gasteiger partial charge in [-0.15, -0.1) is 0 Å². The second-order valence-corrected chi connectivity index (χ2v) is 14.1. The highest BCUT2D eigenvalue weighted by Crippen LogP contribution is 2.44. The Morgan fingerprint density at radius 1 is 0.309 bits per heavy atom. The summed E-state index contributed by atoms with van der Waals surface area (Å²) < 4.78 is 13.1. The fourth-order valence-electron chi connectivity index (χ4n) is 8.22. The number of hydrogen-bond donors (Lipinski definition) is 0. The molecule has 0 aliphatic carbocycles. The van der Waals surface area contributed by atoms with E-state index in [1.54, 1.807) is 0 Å². The fraction of sp³-hybridized carbons (Fsp3) is 0. The number of fused-ring (bicyclic) bond motifs is 8. The molecule has 0 spiro atoms. The second kappa shape index (κ2) is 12.6. The minimum absolute atomic E-state index is 0.853. The fourth-order valence-corrected chi connectivity index (χ4v) is 8.22. The zero-order chi connectivity index (χ0) is 36.3. The Balaban J connectivity index is 1.05. The standard InChI is InChI=1S/C52H33NO2/c1-2-11-35(12-3-1)41-14-6-7-15-42(41)37-23-29-40(30-24-37)53(48-19-10-18-46-47-32-25-36-13-4-5-16-43(36)51(47)55-52(46)48)39-27-21-34(22-28-39)38-26-31-45-44-17-8-9-20-49(44)54-50(45)33-38/h1-33H. The number of nitrogens with zero attached hydrogens (tertiary/aromatic N) is 1. The molecule has 0 fully saturated rings. The number of furan rings is 2. The van der Waals surface area contributed by atoms with Crippen LogP contribution in [-0.2, 0) is 0 Å². The summed E-state index contributed by atoms with van der Waals surface area (Å²) in [6.45, 7) is 0. The largest absolute Gasteiger partial charge is 0.456 e. The lowest BCUT2D eigenvalue weighted by atomic mass is 9.94. The Morgan fingerprint density at radius 2 is 0.873 bits per heavy atom. The van der Waals surface area contributed by atoms with Gasteiger partial charge in [-0.2, -0.15) is 0 Å². The third-order valence-electron chi connectivity index (χ3n) is 10.9. The summed E-state index contributed by atoms with van der Waals surface area (Å²) >= 11 is 0. The van der Waals surface area contributed by atoms with Gasteiger partial charge in [0.05, 0.1) is 5.69 Å². The Kier molecular flexibility index (Phi) is 7.17. The summed E-state index contributed by atoms with van der Waals surface area (Å²) in [7, 11) is 0. The van der Waals surface area contributed by atoms with Gasteiger partial charge >= 0.3 is 0 Å². The summed E-state index contributed by atoms with van der Waals surface area (Å²) in [5.41, 5.74) is 13.6. The van der Waals surface area contributed by atoms with Crippen molar-refractivity contribution >= 4 is 71.7 Å². The maximum absolute atomic E-state index is 6.89. The van der Waals surface area contributed by atoms with Crippen LogP contribution in [0.3, 0.4) is 0 Å². The molecule has 258 valence electrons. The highest BCUT2D eigenvalue weighted by molar-refractivity contribution is 6.17. The quantitative estimate of drug-likeness (QED) is 0.173. The van der Waals surface area contributed by atoms with Crippen molar-refractivity contribution in [2.24, 2.45) is 0 Å². The van der Waals surface area contributed by atoms with Crippen LogP contribution in [-0.4, -0.2) is 0 Å². The molecule has 0 amide bonds. The van der Waals surface area contributed by atoms with E-state index in [2.05, 4.69) is 193 Å². The normalized spacial score (nSPS) is 11.6. The molecule has 0 unspecified atom stereocenters. The molecule has 0 aliphatic rings. The minimum Gasteiger partial charge on any atom is -0.456 e. The molecule has 0 saturated carbocycles. The Labute approximate surface area is 317 Å². The predicted molar refractivity (Wildman–Crippen MR) is 229 cm³/mol. The number of rotatable bonds is 6. The number of anilines is 3. The Hall–Kier alpha value is -7.36. The van der Waals surface area contributed by atoms with Crippen molar-refractivity contribution in [1.82, 2.24) is 0 Å². The lowest BCUT2D eigenvalue weighted by molar-refractivity contribution is 0.669. The molecule has 0 saturated heterocycles. The van der Waals surface area contributed by atoms with Crippen molar-refractivity contribution in [2.75, 3.05) is 4.90 Å². The van der Waals surface area contributed by atoms with Gasteiger partial charge in [0.1, 0.15) is 16.7 Å². The molecule has 55 heavy (non-hydrogen) atoms. The molecule has 3 heteroatoms. The van der Waals surface area contributed by atoms with Gasteiger partial charge in [0.15, 0.2) is 5.58 Å². The zero-order valence-electron chi connectivity index (χ0n) is 29.8. The van der Waals surface area contributed by atoms with E-state index < -0.39 is 0 Å².